The molecule has 2 aromatic rings. The van der Waals surface area contributed by atoms with Crippen molar-refractivity contribution in [1.29, 1.82) is 0 Å². The molecule has 0 amide bonds. The Balaban J connectivity index is 1.41. The number of hydrogen-bond donors (Lipinski definition) is 0. The summed E-state index contributed by atoms with van der Waals surface area (Å²) >= 11 is 5.21. The summed E-state index contributed by atoms with van der Waals surface area (Å²) in [4.78, 5) is 4.44. The average Bonchev–Trinajstić information content (AvgIpc) is 3.10. The standard InChI is InChI=1S/C18H21BrN2O2S2/c19-15-1-3-17(4-2-15)25(22,23)21-10-5-16(6-11-21)20-9-7-18-14(13-20)8-12-24-18/h1-4,8,12,16H,5-7,9-11,13H2. The van der Waals surface area contributed by atoms with E-state index < -0.39 is 10.0 Å². The molecular formula is C18H21BrN2O2S2. The van der Waals surface area contributed by atoms with E-state index in [1.165, 1.54) is 10.4 Å². The molecule has 3 heterocycles. The minimum Gasteiger partial charge on any atom is -0.296 e. The van der Waals surface area contributed by atoms with Gasteiger partial charge in [0.15, 0.2) is 0 Å². The lowest BCUT2D eigenvalue weighted by atomic mass is 10.0. The van der Waals surface area contributed by atoms with E-state index in [0.717, 1.165) is 36.8 Å². The van der Waals surface area contributed by atoms with Gasteiger partial charge >= 0.3 is 0 Å². The lowest BCUT2D eigenvalue weighted by Crippen LogP contribution is -2.47. The summed E-state index contributed by atoms with van der Waals surface area (Å²) in [5.74, 6) is 0. The molecule has 0 aliphatic carbocycles. The summed E-state index contributed by atoms with van der Waals surface area (Å²) in [6.07, 6.45) is 2.95. The molecule has 1 fully saturated rings. The first-order chi connectivity index (χ1) is 12.0. The second kappa shape index (κ2) is 7.12. The van der Waals surface area contributed by atoms with E-state index in [1.807, 2.05) is 11.3 Å². The van der Waals surface area contributed by atoms with Crippen LogP contribution in [0.1, 0.15) is 23.3 Å². The molecule has 134 valence electrons. The quantitative estimate of drug-likeness (QED) is 0.729. The van der Waals surface area contributed by atoms with Crippen LogP contribution in [0.4, 0.5) is 0 Å². The smallest absolute Gasteiger partial charge is 0.243 e. The third-order valence-corrected chi connectivity index (χ3v) is 8.69. The number of thiophene rings is 1. The Labute approximate surface area is 161 Å². The molecule has 0 N–H and O–H groups in total. The highest BCUT2D eigenvalue weighted by Gasteiger charge is 2.32. The zero-order chi connectivity index (χ0) is 17.4. The van der Waals surface area contributed by atoms with Crippen molar-refractivity contribution in [2.75, 3.05) is 19.6 Å². The Bertz CT molecular complexity index is 840. The highest BCUT2D eigenvalue weighted by molar-refractivity contribution is 9.10. The van der Waals surface area contributed by atoms with Gasteiger partial charge in [0.25, 0.3) is 0 Å². The van der Waals surface area contributed by atoms with E-state index in [0.29, 0.717) is 24.0 Å². The number of piperidine rings is 1. The van der Waals surface area contributed by atoms with Crippen LogP contribution in [0.3, 0.4) is 0 Å². The van der Waals surface area contributed by atoms with Crippen LogP contribution in [0.15, 0.2) is 45.1 Å². The first-order valence-electron chi connectivity index (χ1n) is 8.59. The largest absolute Gasteiger partial charge is 0.296 e. The third-order valence-electron chi connectivity index (χ3n) is 5.23. The summed E-state index contributed by atoms with van der Waals surface area (Å²) in [6, 6.07) is 9.64. The molecule has 4 nitrogen and oxygen atoms in total. The Morgan fingerprint density at radius 2 is 1.76 bits per heavy atom. The van der Waals surface area contributed by atoms with E-state index in [4.69, 9.17) is 0 Å². The molecule has 0 radical (unpaired) electrons. The van der Waals surface area contributed by atoms with Crippen molar-refractivity contribution < 1.29 is 8.42 Å². The predicted octanol–water partition coefficient (Wildman–Crippen LogP) is 3.72. The van der Waals surface area contributed by atoms with Gasteiger partial charge in [0.2, 0.25) is 10.0 Å². The van der Waals surface area contributed by atoms with Gasteiger partial charge < -0.3 is 0 Å². The van der Waals surface area contributed by atoms with Gasteiger partial charge in [0, 0.05) is 41.6 Å². The van der Waals surface area contributed by atoms with Crippen LogP contribution in [0.2, 0.25) is 0 Å². The van der Waals surface area contributed by atoms with Gasteiger partial charge in [0.05, 0.1) is 4.90 Å². The molecule has 1 aromatic carbocycles. The van der Waals surface area contributed by atoms with Gasteiger partial charge in [-0.15, -0.1) is 11.3 Å². The zero-order valence-corrected chi connectivity index (χ0v) is 17.1. The molecule has 2 aliphatic rings. The van der Waals surface area contributed by atoms with Gasteiger partial charge in [-0.2, -0.15) is 4.31 Å². The van der Waals surface area contributed by atoms with Crippen molar-refractivity contribution >= 4 is 37.3 Å². The zero-order valence-electron chi connectivity index (χ0n) is 13.9. The number of fused-ring (bicyclic) bond motifs is 1. The molecule has 25 heavy (non-hydrogen) atoms. The summed E-state index contributed by atoms with van der Waals surface area (Å²) in [7, 11) is -3.38. The third kappa shape index (κ3) is 3.57. The molecule has 7 heteroatoms. The molecule has 1 aromatic heterocycles. The van der Waals surface area contributed by atoms with Gasteiger partial charge in [-0.25, -0.2) is 8.42 Å². The van der Waals surface area contributed by atoms with Crippen molar-refractivity contribution in [2.24, 2.45) is 0 Å². The number of nitrogens with zero attached hydrogens (tertiary/aromatic N) is 2. The van der Waals surface area contributed by atoms with E-state index in [1.54, 1.807) is 28.6 Å². The summed E-state index contributed by atoms with van der Waals surface area (Å²) < 4.78 is 28.2. The average molecular weight is 441 g/mol. The SMILES string of the molecule is O=S(=O)(c1ccc(Br)cc1)N1CCC(N2CCc3sccc3C2)CC1. The van der Waals surface area contributed by atoms with Crippen LogP contribution in [0, 0.1) is 0 Å². The first-order valence-corrected chi connectivity index (χ1v) is 11.7. The molecule has 2 aliphatic heterocycles. The molecule has 0 unspecified atom stereocenters. The predicted molar refractivity (Wildman–Crippen MR) is 104 cm³/mol. The van der Waals surface area contributed by atoms with Gasteiger partial charge in [-0.1, -0.05) is 15.9 Å². The number of halogens is 1. The number of sulfonamides is 1. The van der Waals surface area contributed by atoms with Gasteiger partial charge in [-0.05, 0) is 60.5 Å². The number of benzene rings is 1. The van der Waals surface area contributed by atoms with E-state index in [9.17, 15) is 8.42 Å². The molecule has 1 saturated heterocycles. The van der Waals surface area contributed by atoms with Gasteiger partial charge in [-0.3, -0.25) is 4.90 Å². The minimum atomic E-state index is -3.38. The van der Waals surface area contributed by atoms with Crippen LogP contribution < -0.4 is 0 Å². The Kier molecular flexibility index (Phi) is 5.03. The van der Waals surface area contributed by atoms with Crippen LogP contribution in [-0.2, 0) is 23.0 Å². The molecule has 0 bridgehead atoms. The molecular weight excluding hydrogens is 420 g/mol. The van der Waals surface area contributed by atoms with Gasteiger partial charge in [0.1, 0.15) is 0 Å². The maximum Gasteiger partial charge on any atom is 0.243 e. The van der Waals surface area contributed by atoms with Crippen molar-refractivity contribution in [1.82, 2.24) is 9.21 Å². The number of rotatable bonds is 3. The highest BCUT2D eigenvalue weighted by atomic mass is 79.9. The summed E-state index contributed by atoms with van der Waals surface area (Å²) in [5, 5.41) is 2.18. The Morgan fingerprint density at radius 1 is 1.04 bits per heavy atom. The summed E-state index contributed by atoms with van der Waals surface area (Å²) in [5.41, 5.74) is 1.46. The second-order valence-electron chi connectivity index (χ2n) is 6.68. The van der Waals surface area contributed by atoms with Crippen molar-refractivity contribution in [3.05, 3.63) is 50.6 Å². The van der Waals surface area contributed by atoms with Crippen molar-refractivity contribution in [3.63, 3.8) is 0 Å². The summed E-state index contributed by atoms with van der Waals surface area (Å²) in [6.45, 7) is 3.33. The van der Waals surface area contributed by atoms with Crippen molar-refractivity contribution in [2.45, 2.75) is 36.7 Å². The lowest BCUT2D eigenvalue weighted by Gasteiger charge is -2.39. The molecule has 4 rings (SSSR count). The van der Waals surface area contributed by atoms with Crippen LogP contribution in [0.25, 0.3) is 0 Å². The normalized spacial score (nSPS) is 20.5. The van der Waals surface area contributed by atoms with E-state index >= 15 is 0 Å². The fourth-order valence-corrected chi connectivity index (χ4v) is 6.41. The second-order valence-corrected chi connectivity index (χ2v) is 10.5. The minimum absolute atomic E-state index is 0.384. The van der Waals surface area contributed by atoms with Crippen LogP contribution in [-0.4, -0.2) is 43.3 Å². The fraction of sp³-hybridized carbons (Fsp3) is 0.444. The molecule has 0 saturated carbocycles. The van der Waals surface area contributed by atoms with Crippen molar-refractivity contribution in [3.8, 4) is 0 Å². The van der Waals surface area contributed by atoms with E-state index in [2.05, 4.69) is 32.3 Å². The Morgan fingerprint density at radius 3 is 2.48 bits per heavy atom. The maximum atomic E-state index is 12.8. The molecule has 0 spiro atoms. The fourth-order valence-electron chi connectivity index (χ4n) is 3.79. The molecule has 0 atom stereocenters. The first kappa shape index (κ1) is 17.7. The maximum absolute atomic E-state index is 12.8. The van der Waals surface area contributed by atoms with Crippen LogP contribution in [0.5, 0.6) is 0 Å². The number of hydrogen-bond acceptors (Lipinski definition) is 4. The monoisotopic (exact) mass is 440 g/mol. The van der Waals surface area contributed by atoms with Crippen LogP contribution >= 0.6 is 27.3 Å². The van der Waals surface area contributed by atoms with E-state index in [-0.39, 0.29) is 0 Å². The Hall–Kier alpha value is -0.730. The highest BCUT2D eigenvalue weighted by Crippen LogP contribution is 2.29. The topological polar surface area (TPSA) is 40.6 Å². The lowest BCUT2D eigenvalue weighted by molar-refractivity contribution is 0.127.